The summed E-state index contributed by atoms with van der Waals surface area (Å²) in [4.78, 5) is 6.43. The van der Waals surface area contributed by atoms with E-state index in [1.54, 1.807) is 0 Å². The lowest BCUT2D eigenvalue weighted by atomic mass is 10.0. The number of alkyl halides is 3. The number of halogens is 3. The first-order valence-corrected chi connectivity index (χ1v) is 11.6. The van der Waals surface area contributed by atoms with Gasteiger partial charge in [0.05, 0.1) is 5.69 Å². The average molecular weight is 466 g/mol. The van der Waals surface area contributed by atoms with Gasteiger partial charge >= 0.3 is 6.36 Å². The first-order chi connectivity index (χ1) is 15.6. The summed E-state index contributed by atoms with van der Waals surface area (Å²) in [6.45, 7) is 6.44. The van der Waals surface area contributed by atoms with E-state index in [1.807, 2.05) is 10.7 Å². The molecule has 5 atom stereocenters. The molecule has 0 radical (unpaired) electrons. The maximum atomic E-state index is 12.7. The van der Waals surface area contributed by atoms with E-state index in [2.05, 4.69) is 28.5 Å². The molecule has 0 amide bonds. The number of aliphatic hydroxyl groups excluding tert-OH is 1. The molecule has 3 aliphatic rings. The molecule has 0 bridgehead atoms. The lowest BCUT2D eigenvalue weighted by molar-refractivity contribution is -0.274. The van der Waals surface area contributed by atoms with E-state index in [0.717, 1.165) is 38.0 Å². The molecule has 10 heteroatoms. The monoisotopic (exact) mass is 465 g/mol. The van der Waals surface area contributed by atoms with Gasteiger partial charge in [-0.15, -0.1) is 13.2 Å². The topological polar surface area (TPSA) is 89.4 Å². The summed E-state index contributed by atoms with van der Waals surface area (Å²) in [5.74, 6) is 1.22. The Morgan fingerprint density at radius 2 is 1.97 bits per heavy atom. The van der Waals surface area contributed by atoms with Gasteiger partial charge in [-0.2, -0.15) is 5.10 Å². The third kappa shape index (κ3) is 4.30. The molecule has 1 saturated heterocycles. The average Bonchev–Trinajstić information content (AvgIpc) is 3.23. The van der Waals surface area contributed by atoms with E-state index in [9.17, 15) is 18.3 Å². The van der Waals surface area contributed by atoms with E-state index in [4.69, 9.17) is 10.8 Å². The third-order valence-corrected chi connectivity index (χ3v) is 7.51. The molecule has 5 rings (SSSR count). The van der Waals surface area contributed by atoms with Crippen LogP contribution in [0.2, 0.25) is 0 Å². The molecule has 0 spiro atoms. The second-order valence-corrected chi connectivity index (χ2v) is 9.96. The summed E-state index contributed by atoms with van der Waals surface area (Å²) in [5, 5.41) is 14.1. The Kier molecular flexibility index (Phi) is 5.55. The second-order valence-electron chi connectivity index (χ2n) is 9.96. The maximum Gasteiger partial charge on any atom is 0.573 e. The van der Waals surface area contributed by atoms with Crippen molar-refractivity contribution in [2.24, 2.45) is 17.8 Å². The van der Waals surface area contributed by atoms with Gasteiger partial charge < -0.3 is 15.6 Å². The van der Waals surface area contributed by atoms with Crippen LogP contribution in [0.4, 0.5) is 19.0 Å². The van der Waals surface area contributed by atoms with Gasteiger partial charge in [0.25, 0.3) is 0 Å². The zero-order valence-corrected chi connectivity index (χ0v) is 18.8. The number of anilines is 1. The van der Waals surface area contributed by atoms with Crippen molar-refractivity contribution in [2.75, 3.05) is 25.4 Å². The molecule has 2 aromatic rings. The molecule has 2 aromatic heterocycles. The number of ether oxygens (including phenoxy) is 1. The number of hydrogen-bond donors (Lipinski definition) is 2. The molecule has 7 nitrogen and oxygen atoms in total. The maximum absolute atomic E-state index is 12.7. The van der Waals surface area contributed by atoms with Crippen molar-refractivity contribution in [1.29, 1.82) is 0 Å². The Morgan fingerprint density at radius 1 is 1.24 bits per heavy atom. The Hall–Kier alpha value is -2.33. The van der Waals surface area contributed by atoms with Crippen LogP contribution < -0.4 is 10.5 Å². The smallest absolute Gasteiger partial charge is 0.402 e. The fourth-order valence-corrected chi connectivity index (χ4v) is 5.91. The summed E-state index contributed by atoms with van der Waals surface area (Å²) in [6, 6.07) is 3.95. The number of nitrogens with two attached hydrogens (primary N) is 1. The van der Waals surface area contributed by atoms with Crippen LogP contribution in [0.5, 0.6) is 5.75 Å². The van der Waals surface area contributed by atoms with Crippen LogP contribution in [0.1, 0.15) is 50.8 Å². The van der Waals surface area contributed by atoms with Crippen LogP contribution in [0.3, 0.4) is 0 Å². The van der Waals surface area contributed by atoms with Crippen LogP contribution >= 0.6 is 0 Å². The van der Waals surface area contributed by atoms with E-state index < -0.39 is 12.1 Å². The minimum atomic E-state index is -4.84. The summed E-state index contributed by atoms with van der Waals surface area (Å²) >= 11 is 0. The molecule has 33 heavy (non-hydrogen) atoms. The van der Waals surface area contributed by atoms with E-state index >= 15 is 0 Å². The first-order valence-electron chi connectivity index (χ1n) is 11.6. The van der Waals surface area contributed by atoms with Gasteiger partial charge in [-0.3, -0.25) is 9.58 Å². The number of fused-ring (bicyclic) bond motifs is 1. The van der Waals surface area contributed by atoms with Crippen molar-refractivity contribution >= 4 is 5.82 Å². The highest BCUT2D eigenvalue weighted by atomic mass is 19.4. The van der Waals surface area contributed by atoms with Gasteiger partial charge in [0.15, 0.2) is 11.6 Å². The summed E-state index contributed by atoms with van der Waals surface area (Å²) in [7, 11) is 0. The molecular weight excluding hydrogens is 435 g/mol. The standard InChI is InChI=1S/C23H30F3N5O2/c1-12(2)31-19(21-16-6-15(7-17(16)21)30-4-3-13(10-30)11-32)8-18(29-31)14-5-20(22(27)28-9-14)33-23(24,25)26/h5,8-9,12-13,15-17,21,32H,3-4,6-7,10-11H2,1-2H3,(H2,27,28)/t13-,15-,16+,17-,21-/m1/s1. The predicted octanol–water partition coefficient (Wildman–Crippen LogP) is 3.81. The van der Waals surface area contributed by atoms with Crippen LogP contribution in [0.25, 0.3) is 11.3 Å². The van der Waals surface area contributed by atoms with Crippen LogP contribution in [-0.4, -0.2) is 56.9 Å². The minimum Gasteiger partial charge on any atom is -0.402 e. The fourth-order valence-electron chi connectivity index (χ4n) is 5.91. The second kappa shape index (κ2) is 8.16. The van der Waals surface area contributed by atoms with Crippen molar-refractivity contribution < 1.29 is 23.0 Å². The van der Waals surface area contributed by atoms with E-state index in [0.29, 0.717) is 41.0 Å². The van der Waals surface area contributed by atoms with Gasteiger partial charge in [-0.1, -0.05) is 0 Å². The quantitative estimate of drug-likeness (QED) is 0.674. The molecule has 2 saturated carbocycles. The van der Waals surface area contributed by atoms with Crippen molar-refractivity contribution in [2.45, 2.75) is 57.5 Å². The molecule has 2 aliphatic carbocycles. The zero-order valence-electron chi connectivity index (χ0n) is 18.8. The largest absolute Gasteiger partial charge is 0.573 e. The minimum absolute atomic E-state index is 0.127. The number of nitrogen functional groups attached to an aromatic ring is 1. The molecular formula is C23H30F3N5O2. The van der Waals surface area contributed by atoms with Crippen molar-refractivity contribution in [3.8, 4) is 17.0 Å². The predicted molar refractivity (Wildman–Crippen MR) is 116 cm³/mol. The van der Waals surface area contributed by atoms with Gasteiger partial charge in [0, 0.05) is 48.6 Å². The number of aliphatic hydroxyl groups is 1. The number of likely N-dealkylation sites (tertiary alicyclic amines) is 1. The van der Waals surface area contributed by atoms with Crippen LogP contribution in [0.15, 0.2) is 18.3 Å². The molecule has 180 valence electrons. The van der Waals surface area contributed by atoms with Gasteiger partial charge in [-0.05, 0) is 69.5 Å². The molecule has 3 fully saturated rings. The highest BCUT2D eigenvalue weighted by Crippen LogP contribution is 2.64. The Balaban J connectivity index is 1.34. The fraction of sp³-hybridized carbons (Fsp3) is 0.652. The molecule has 0 aromatic carbocycles. The van der Waals surface area contributed by atoms with Crippen molar-refractivity contribution in [1.82, 2.24) is 19.7 Å². The Labute approximate surface area is 190 Å². The third-order valence-electron chi connectivity index (χ3n) is 7.51. The molecule has 3 heterocycles. The van der Waals surface area contributed by atoms with Crippen molar-refractivity contribution in [3.63, 3.8) is 0 Å². The summed E-state index contributed by atoms with van der Waals surface area (Å²) in [5.41, 5.74) is 7.74. The van der Waals surface area contributed by atoms with Gasteiger partial charge in [0.2, 0.25) is 0 Å². The zero-order chi connectivity index (χ0) is 23.5. The van der Waals surface area contributed by atoms with Gasteiger partial charge in [-0.25, -0.2) is 4.98 Å². The summed E-state index contributed by atoms with van der Waals surface area (Å²) in [6.07, 6.45) is -0.0292. The lowest BCUT2D eigenvalue weighted by Crippen LogP contribution is -2.33. The lowest BCUT2D eigenvalue weighted by Gasteiger charge is -2.26. The molecule has 3 N–H and O–H groups in total. The van der Waals surface area contributed by atoms with E-state index in [1.165, 1.54) is 12.3 Å². The van der Waals surface area contributed by atoms with Crippen LogP contribution in [-0.2, 0) is 0 Å². The highest BCUT2D eigenvalue weighted by Gasteiger charge is 2.59. The van der Waals surface area contributed by atoms with Crippen LogP contribution in [0, 0.1) is 17.8 Å². The first kappa shape index (κ1) is 22.5. The molecule has 1 aliphatic heterocycles. The number of hydrogen-bond acceptors (Lipinski definition) is 6. The molecule has 0 unspecified atom stereocenters. The Morgan fingerprint density at radius 3 is 2.58 bits per heavy atom. The number of pyridine rings is 1. The summed E-state index contributed by atoms with van der Waals surface area (Å²) < 4.78 is 44.2. The number of aromatic nitrogens is 3. The Bertz CT molecular complexity index is 1010. The number of nitrogens with zero attached hydrogens (tertiary/aromatic N) is 4. The normalized spacial score (nSPS) is 29.6. The number of rotatable bonds is 6. The SMILES string of the molecule is CC(C)n1nc(-c2cnc(N)c(OC(F)(F)F)c2)cc1[C@H]1[C@@H]2C[C@H](N3CC[C@@H](CO)C3)C[C@@H]21. The van der Waals surface area contributed by atoms with E-state index in [-0.39, 0.29) is 18.5 Å². The van der Waals surface area contributed by atoms with Crippen molar-refractivity contribution in [3.05, 3.63) is 24.0 Å². The van der Waals surface area contributed by atoms with Gasteiger partial charge in [0.1, 0.15) is 0 Å². The highest BCUT2D eigenvalue weighted by molar-refractivity contribution is 5.64.